The maximum absolute atomic E-state index is 13.3. The molecule has 0 spiro atoms. The Morgan fingerprint density at radius 3 is 0.916 bits per heavy atom. The Morgan fingerprint density at radius 2 is 0.580 bits per heavy atom. The van der Waals surface area contributed by atoms with Crippen LogP contribution < -0.4 is 21.3 Å². The molecule has 0 bridgehead atoms. The highest BCUT2D eigenvalue weighted by atomic mass is 16.8. The molecule has 0 saturated carbocycles. The normalized spacial score (nSPS) is 45.0. The van der Waals surface area contributed by atoms with E-state index in [0.717, 1.165) is 27.7 Å². The maximum Gasteiger partial charge on any atom is 0.364 e. The van der Waals surface area contributed by atoms with Gasteiger partial charge in [-0.2, -0.15) is 0 Å². The zero-order valence-electron chi connectivity index (χ0n) is 70.0. The summed E-state index contributed by atoms with van der Waals surface area (Å²) in [5.41, 5.74) is 0. The molecule has 0 aromatic carbocycles. The molecule has 0 aromatic rings. The lowest BCUT2D eigenvalue weighted by Gasteiger charge is -2.52. The molecule has 49 atom stereocenters. The second-order valence-corrected chi connectivity index (χ2v) is 32.6. The van der Waals surface area contributed by atoms with Crippen molar-refractivity contribution in [2.75, 3.05) is 72.7 Å². The number of hydrogen-bond donors (Lipinski definition) is 35. The summed E-state index contributed by atoms with van der Waals surface area (Å²) >= 11 is 0. The van der Waals surface area contributed by atoms with Crippen molar-refractivity contribution in [2.45, 2.75) is 340 Å². The molecule has 9 heterocycles. The lowest BCUT2D eigenvalue weighted by atomic mass is 9.88. The SMILES string of the molecule is CC(=O)N[C@H]1[C@H](O[C@H]2[C@@H](O)[C@@H](CO)O[C@@H](O[C@H]3[C@H](O)[C@@H](O)[C@H](O[C@@H]4[C@H](O[C@@H]5O[C@H](CO)[C@@H](O[C@@H]6O[C@H](CO)[C@H](O)[C@H](O[C@]7(C(=O)O)C[C@H](O)[C@@H](NC(C)=O)[C@H]([C@H](O)[C@H](O)CO)O7)[C@H]6O)[C@H](O)[C@H]5NC(C)=O)[C@@H](O)[C@H](O[C@H](CO)[C@@H](O)CO)O[C@@H]4CO)O[C@@H]3CO)[C@@H]2O)O[C@H](CO)[C@@H](O[C@@H]2O[C@H](CO)[C@H](O)[C@H](O[C@]3(C(=O)O)C[C@H](O)[C@@H](NC(C)=O)[C@H]([C@H](O)[C@H](O)CO)O3)[C@H]2O)[C@@H]1O. The molecular formula is C72H120N4O55. The standard InChI is InChI=1S/C72H120N4O55/c1-18(88)73-35-22(92)5-71(69(110)111,128-56(35)39(97)25(95)8-78)130-59-42(100)29(12-82)116-67(49(59)107)122-52-31(14-84)118-62(37(44(52)102)75-20(3)90)126-58-41(99)28(11-81)115-66(48(58)106)124-54-33(16-86)120-64(47(105)46(54)104)125-55-34(17-87)121-65(114-27(10-80)24(94)7-77)51(109)61(55)127-63-38(76-21(4)91)45(103)53(32(15-85)119-63)123-68-50(108)60(43(101)30(13-83)117-68)131-72(70(112)113)6-23(93)36(74-19(2)89)57(129-72)40(98)26(96)9-79/h22-68,77-87,92-109H,5-17H2,1-4H3,(H,73,88)(H,74,89)(H,75,90)(H,76,91)(H,110,111)(H,112,113)/t22-,23-,24-,25+,26+,27+,28+,29+,30+,31+,32+,33+,34+,35+,36+,37+,38+,39+,40+,41-,42-,43-,44+,45+,46+,47+,48+,49+,50+,51+,52+,53+,54+,55-,56+,57+,58-,59-,60-,61+,62-,63-,64-,65+,66-,67-,68-,71-,72-/m0/s1. The summed E-state index contributed by atoms with van der Waals surface area (Å²) in [5, 5.41) is 353. The fourth-order valence-electron chi connectivity index (χ4n) is 16.6. The van der Waals surface area contributed by atoms with Gasteiger partial charge in [-0.25, -0.2) is 9.59 Å². The molecule has 0 radical (unpaired) electrons. The van der Waals surface area contributed by atoms with Gasteiger partial charge in [-0.3, -0.25) is 19.2 Å². The Morgan fingerprint density at radius 1 is 0.305 bits per heavy atom. The zero-order valence-corrected chi connectivity index (χ0v) is 70.0. The van der Waals surface area contributed by atoms with Crippen molar-refractivity contribution in [2.24, 2.45) is 0 Å². The Kier molecular flexibility index (Phi) is 39.8. The second-order valence-electron chi connectivity index (χ2n) is 32.6. The van der Waals surface area contributed by atoms with E-state index in [2.05, 4.69) is 21.3 Å². The van der Waals surface area contributed by atoms with E-state index in [1.807, 2.05) is 0 Å². The minimum atomic E-state index is -3.32. The van der Waals surface area contributed by atoms with E-state index < -0.39 is 421 Å². The number of ether oxygens (including phenoxy) is 18. The zero-order chi connectivity index (χ0) is 97.3. The molecule has 0 aliphatic carbocycles. The number of carboxylic acids is 2. The summed E-state index contributed by atoms with van der Waals surface area (Å²) in [5.74, 6) is -14.8. The van der Waals surface area contributed by atoms with Crippen LogP contribution in [-0.2, 0) is 114 Å². The van der Waals surface area contributed by atoms with Crippen LogP contribution in [0.4, 0.5) is 0 Å². The van der Waals surface area contributed by atoms with Gasteiger partial charge in [-0.1, -0.05) is 0 Å². The molecule has 9 saturated heterocycles. The highest BCUT2D eigenvalue weighted by Crippen LogP contribution is 2.44. The third kappa shape index (κ3) is 24.3. The van der Waals surface area contributed by atoms with Gasteiger partial charge in [0, 0.05) is 40.5 Å². The van der Waals surface area contributed by atoms with E-state index in [0.29, 0.717) is 0 Å². The molecule has 35 N–H and O–H groups in total. The number of rotatable bonds is 40. The Balaban J connectivity index is 0.944. The first-order valence-corrected chi connectivity index (χ1v) is 41.2. The van der Waals surface area contributed by atoms with Crippen molar-refractivity contribution in [3.05, 3.63) is 0 Å². The summed E-state index contributed by atoms with van der Waals surface area (Å²) < 4.78 is 105. The van der Waals surface area contributed by atoms with Crippen LogP contribution in [0.25, 0.3) is 0 Å². The number of aliphatic carboxylic acids is 2. The van der Waals surface area contributed by atoms with Gasteiger partial charge < -0.3 is 265 Å². The fraction of sp³-hybridized carbons (Fsp3) is 0.917. The minimum Gasteiger partial charge on any atom is -0.477 e. The molecule has 758 valence electrons. The molecule has 9 fully saturated rings. The number of amides is 4. The summed E-state index contributed by atoms with van der Waals surface area (Å²) in [6.45, 7) is -9.89. The van der Waals surface area contributed by atoms with Gasteiger partial charge in [0.25, 0.3) is 11.6 Å². The Labute approximate surface area is 739 Å². The average Bonchev–Trinajstić information content (AvgIpc) is 0.754. The average molecular weight is 1920 g/mol. The van der Waals surface area contributed by atoms with Crippen molar-refractivity contribution >= 4 is 35.6 Å². The van der Waals surface area contributed by atoms with Gasteiger partial charge >= 0.3 is 11.9 Å². The largest absolute Gasteiger partial charge is 0.477 e. The number of carbonyl (C=O) groups is 6. The van der Waals surface area contributed by atoms with E-state index in [1.165, 1.54) is 0 Å². The molecule has 9 aliphatic heterocycles. The van der Waals surface area contributed by atoms with Gasteiger partial charge in [0.2, 0.25) is 23.6 Å². The topological polar surface area (TPSA) is 944 Å². The number of carboxylic acid groups (broad SMARTS) is 2. The molecular weight excluding hydrogens is 1800 g/mol. The number of aliphatic hydroxyl groups is 29. The van der Waals surface area contributed by atoms with E-state index in [1.54, 1.807) is 0 Å². The van der Waals surface area contributed by atoms with Gasteiger partial charge in [0.05, 0.1) is 97.0 Å². The minimum absolute atomic E-state index is 0.858. The predicted octanol–water partition coefficient (Wildman–Crippen LogP) is -22.9. The quantitative estimate of drug-likeness (QED) is 0.0271. The molecule has 9 rings (SSSR count). The van der Waals surface area contributed by atoms with E-state index >= 15 is 0 Å². The first-order valence-electron chi connectivity index (χ1n) is 41.2. The van der Waals surface area contributed by atoms with Crippen molar-refractivity contribution < 1.29 is 272 Å². The van der Waals surface area contributed by atoms with Gasteiger partial charge in [-0.05, 0) is 0 Å². The number of hydrogen-bond acceptors (Lipinski definition) is 53. The van der Waals surface area contributed by atoms with Crippen molar-refractivity contribution in [1.82, 2.24) is 21.3 Å². The van der Waals surface area contributed by atoms with Crippen LogP contribution in [0.2, 0.25) is 0 Å². The lowest BCUT2D eigenvalue weighted by molar-refractivity contribution is -0.402. The molecule has 131 heavy (non-hydrogen) atoms. The van der Waals surface area contributed by atoms with Crippen LogP contribution >= 0.6 is 0 Å². The van der Waals surface area contributed by atoms with Crippen LogP contribution in [0.5, 0.6) is 0 Å². The third-order valence-electron chi connectivity index (χ3n) is 23.4. The number of nitrogens with one attached hydrogen (secondary N) is 4. The van der Waals surface area contributed by atoms with E-state index in [-0.39, 0.29) is 0 Å². The van der Waals surface area contributed by atoms with Gasteiger partial charge in [0.15, 0.2) is 44.0 Å². The molecule has 59 heteroatoms. The van der Waals surface area contributed by atoms with Gasteiger partial charge in [0.1, 0.15) is 220 Å². The predicted molar refractivity (Wildman–Crippen MR) is 401 cm³/mol. The number of carbonyl (C=O) groups excluding carboxylic acids is 4. The summed E-state index contributed by atoms with van der Waals surface area (Å²) in [4.78, 5) is 77.1. The van der Waals surface area contributed by atoms with Crippen molar-refractivity contribution in [1.29, 1.82) is 0 Å². The lowest BCUT2D eigenvalue weighted by Crippen LogP contribution is -2.71. The molecule has 9 aliphatic rings. The molecule has 0 unspecified atom stereocenters. The van der Waals surface area contributed by atoms with Crippen LogP contribution in [0.3, 0.4) is 0 Å². The van der Waals surface area contributed by atoms with Crippen LogP contribution in [0.15, 0.2) is 0 Å². The van der Waals surface area contributed by atoms with Crippen molar-refractivity contribution in [3.8, 4) is 0 Å². The van der Waals surface area contributed by atoms with Crippen LogP contribution in [0.1, 0.15) is 40.5 Å². The summed E-state index contributed by atoms with van der Waals surface area (Å²) in [6, 6.07) is -7.67. The highest BCUT2D eigenvalue weighted by molar-refractivity contribution is 5.78. The van der Waals surface area contributed by atoms with Gasteiger partial charge in [-0.15, -0.1) is 0 Å². The smallest absolute Gasteiger partial charge is 0.364 e. The summed E-state index contributed by atoms with van der Waals surface area (Å²) in [6.07, 6.45) is -99.2. The molecule has 59 nitrogen and oxygen atoms in total. The third-order valence-corrected chi connectivity index (χ3v) is 23.4. The van der Waals surface area contributed by atoms with Crippen LogP contribution in [0, 0.1) is 0 Å². The van der Waals surface area contributed by atoms with E-state index in [4.69, 9.17) is 85.3 Å². The Hall–Kier alpha value is -5.06. The van der Waals surface area contributed by atoms with E-state index in [9.17, 15) is 187 Å². The first kappa shape index (κ1) is 110. The number of aliphatic hydroxyl groups excluding tert-OH is 29. The highest BCUT2D eigenvalue weighted by Gasteiger charge is 2.66. The first-order chi connectivity index (χ1) is 61.8. The maximum atomic E-state index is 13.3. The van der Waals surface area contributed by atoms with Crippen molar-refractivity contribution in [3.63, 3.8) is 0 Å². The Bertz CT molecular complexity index is 3620. The molecule has 4 amide bonds. The van der Waals surface area contributed by atoms with Crippen LogP contribution in [-0.4, -0.2) is 566 Å². The molecule has 0 aromatic heterocycles. The fourth-order valence-corrected chi connectivity index (χ4v) is 16.6. The summed E-state index contributed by atoms with van der Waals surface area (Å²) in [7, 11) is 0. The monoisotopic (exact) mass is 1920 g/mol. The second kappa shape index (κ2) is 47.5.